The number of aliphatic carboxylic acids is 2. The lowest BCUT2D eigenvalue weighted by Gasteiger charge is -2.32. The summed E-state index contributed by atoms with van der Waals surface area (Å²) < 4.78 is 5.95. The van der Waals surface area contributed by atoms with Gasteiger partial charge in [-0.3, -0.25) is 9.59 Å². The second kappa shape index (κ2) is 7.70. The SMILES string of the molecule is O=C(O)C[C@@]1(OCc2ccc(-c3ccccc3)cc2)CCC[C@@H]1C(=O)O. The molecule has 0 amide bonds. The van der Waals surface area contributed by atoms with Crippen LogP contribution in [0.1, 0.15) is 31.2 Å². The third-order valence-electron chi connectivity index (χ3n) is 5.06. The highest BCUT2D eigenvalue weighted by Gasteiger charge is 2.49. The van der Waals surface area contributed by atoms with E-state index in [1.54, 1.807) is 0 Å². The van der Waals surface area contributed by atoms with E-state index in [2.05, 4.69) is 0 Å². The van der Waals surface area contributed by atoms with Crippen molar-refractivity contribution < 1.29 is 24.5 Å². The molecule has 2 atom stereocenters. The molecule has 0 saturated heterocycles. The number of carboxylic acid groups (broad SMARTS) is 2. The van der Waals surface area contributed by atoms with Crippen LogP contribution in [0.2, 0.25) is 0 Å². The van der Waals surface area contributed by atoms with Crippen molar-refractivity contribution >= 4 is 11.9 Å². The quantitative estimate of drug-likeness (QED) is 0.786. The Morgan fingerprint density at radius 1 is 1.00 bits per heavy atom. The first-order valence-corrected chi connectivity index (χ1v) is 8.73. The fraction of sp³-hybridized carbons (Fsp3) is 0.333. The van der Waals surface area contributed by atoms with Gasteiger partial charge in [0, 0.05) is 0 Å². The number of hydrogen-bond donors (Lipinski definition) is 2. The van der Waals surface area contributed by atoms with Gasteiger partial charge in [-0.05, 0) is 36.0 Å². The molecule has 0 aliphatic heterocycles. The predicted octanol–water partition coefficient (Wildman–Crippen LogP) is 3.97. The molecule has 0 unspecified atom stereocenters. The minimum atomic E-state index is -1.13. The third-order valence-corrected chi connectivity index (χ3v) is 5.06. The van der Waals surface area contributed by atoms with Gasteiger partial charge in [-0.15, -0.1) is 0 Å². The zero-order valence-electron chi connectivity index (χ0n) is 14.4. The molecule has 0 spiro atoms. The topological polar surface area (TPSA) is 83.8 Å². The Morgan fingerprint density at radius 3 is 2.27 bits per heavy atom. The average Bonchev–Trinajstić information content (AvgIpc) is 3.04. The van der Waals surface area contributed by atoms with Crippen molar-refractivity contribution in [2.24, 2.45) is 5.92 Å². The van der Waals surface area contributed by atoms with Crippen LogP contribution in [0.25, 0.3) is 11.1 Å². The van der Waals surface area contributed by atoms with Crippen molar-refractivity contribution in [3.63, 3.8) is 0 Å². The van der Waals surface area contributed by atoms with Crippen LogP contribution in [0.15, 0.2) is 54.6 Å². The molecule has 5 heteroatoms. The molecule has 2 N–H and O–H groups in total. The Labute approximate surface area is 152 Å². The number of carbonyl (C=O) groups is 2. The van der Waals surface area contributed by atoms with Gasteiger partial charge >= 0.3 is 11.9 Å². The molecule has 0 heterocycles. The molecule has 136 valence electrons. The highest BCUT2D eigenvalue weighted by molar-refractivity contribution is 5.75. The lowest BCUT2D eigenvalue weighted by Crippen LogP contribution is -2.42. The van der Waals surface area contributed by atoms with Gasteiger partial charge in [0.1, 0.15) is 0 Å². The Balaban J connectivity index is 1.73. The zero-order chi connectivity index (χ0) is 18.6. The van der Waals surface area contributed by atoms with Crippen molar-refractivity contribution in [2.45, 2.75) is 37.9 Å². The Hall–Kier alpha value is -2.66. The van der Waals surface area contributed by atoms with E-state index >= 15 is 0 Å². The molecule has 1 saturated carbocycles. The minimum absolute atomic E-state index is 0.201. The lowest BCUT2D eigenvalue weighted by atomic mass is 9.87. The summed E-state index contributed by atoms with van der Waals surface area (Å²) >= 11 is 0. The van der Waals surface area contributed by atoms with Crippen LogP contribution in [0.3, 0.4) is 0 Å². The summed E-state index contributed by atoms with van der Waals surface area (Å²) in [6, 6.07) is 17.8. The lowest BCUT2D eigenvalue weighted by molar-refractivity contribution is -0.163. The van der Waals surface area contributed by atoms with Gasteiger partial charge < -0.3 is 14.9 Å². The monoisotopic (exact) mass is 354 g/mol. The first kappa shape index (κ1) is 18.1. The molecule has 1 aliphatic carbocycles. The summed E-state index contributed by atoms with van der Waals surface area (Å²) in [5.41, 5.74) is 1.96. The summed E-state index contributed by atoms with van der Waals surface area (Å²) in [6.45, 7) is 0.201. The molecule has 0 bridgehead atoms. The fourth-order valence-corrected chi connectivity index (χ4v) is 3.73. The van der Waals surface area contributed by atoms with E-state index in [1.807, 2.05) is 54.6 Å². The summed E-state index contributed by atoms with van der Waals surface area (Å²) in [5.74, 6) is -2.79. The highest BCUT2D eigenvalue weighted by Crippen LogP contribution is 2.42. The molecule has 2 aromatic carbocycles. The number of rotatable bonds is 7. The maximum Gasteiger partial charge on any atom is 0.309 e. The maximum absolute atomic E-state index is 11.5. The van der Waals surface area contributed by atoms with Gasteiger partial charge in [-0.1, -0.05) is 54.6 Å². The van der Waals surface area contributed by atoms with E-state index in [-0.39, 0.29) is 13.0 Å². The van der Waals surface area contributed by atoms with E-state index < -0.39 is 23.5 Å². The van der Waals surface area contributed by atoms with E-state index in [0.717, 1.165) is 16.7 Å². The number of ether oxygens (including phenoxy) is 1. The van der Waals surface area contributed by atoms with Crippen molar-refractivity contribution in [3.05, 3.63) is 60.2 Å². The number of hydrogen-bond acceptors (Lipinski definition) is 3. The van der Waals surface area contributed by atoms with Gasteiger partial charge in [-0.25, -0.2) is 0 Å². The van der Waals surface area contributed by atoms with Crippen LogP contribution in [0.5, 0.6) is 0 Å². The molecule has 2 aromatic rings. The van der Waals surface area contributed by atoms with Crippen LogP contribution >= 0.6 is 0 Å². The molecule has 0 radical (unpaired) electrons. The molecule has 1 fully saturated rings. The highest BCUT2D eigenvalue weighted by atomic mass is 16.5. The second-order valence-corrected chi connectivity index (χ2v) is 6.77. The fourth-order valence-electron chi connectivity index (χ4n) is 3.73. The molecular formula is C21H22O5. The zero-order valence-corrected chi connectivity index (χ0v) is 14.4. The van der Waals surface area contributed by atoms with Gasteiger partial charge in [0.25, 0.3) is 0 Å². The van der Waals surface area contributed by atoms with E-state index in [4.69, 9.17) is 4.74 Å². The normalized spacial score (nSPS) is 22.2. The largest absolute Gasteiger partial charge is 0.481 e. The van der Waals surface area contributed by atoms with Crippen LogP contribution in [-0.4, -0.2) is 27.8 Å². The predicted molar refractivity (Wildman–Crippen MR) is 96.6 cm³/mol. The van der Waals surface area contributed by atoms with E-state index in [1.165, 1.54) is 0 Å². The van der Waals surface area contributed by atoms with E-state index in [0.29, 0.717) is 19.3 Å². The molecule has 26 heavy (non-hydrogen) atoms. The first-order valence-electron chi connectivity index (χ1n) is 8.73. The third kappa shape index (κ3) is 3.94. The standard InChI is InChI=1S/C21H22O5/c22-19(23)13-21(12-4-7-18(21)20(24)25)26-14-15-8-10-17(11-9-15)16-5-2-1-3-6-16/h1-3,5-6,8-11,18H,4,7,12-14H2,(H,22,23)(H,24,25)/t18-,21+/m1/s1. The first-order chi connectivity index (χ1) is 12.5. The Morgan fingerprint density at radius 2 is 1.65 bits per heavy atom. The van der Waals surface area contributed by atoms with Crippen LogP contribution < -0.4 is 0 Å². The van der Waals surface area contributed by atoms with Gasteiger partial charge in [0.05, 0.1) is 24.5 Å². The van der Waals surface area contributed by atoms with Crippen LogP contribution in [0, 0.1) is 5.92 Å². The van der Waals surface area contributed by atoms with Gasteiger partial charge in [0.15, 0.2) is 0 Å². The number of carboxylic acids is 2. The van der Waals surface area contributed by atoms with Crippen molar-refractivity contribution in [1.82, 2.24) is 0 Å². The van der Waals surface area contributed by atoms with Crippen molar-refractivity contribution in [1.29, 1.82) is 0 Å². The second-order valence-electron chi connectivity index (χ2n) is 6.77. The molecular weight excluding hydrogens is 332 g/mol. The molecule has 0 aromatic heterocycles. The molecule has 1 aliphatic rings. The van der Waals surface area contributed by atoms with Gasteiger partial charge in [0.2, 0.25) is 0 Å². The van der Waals surface area contributed by atoms with Crippen molar-refractivity contribution in [2.75, 3.05) is 0 Å². The smallest absolute Gasteiger partial charge is 0.309 e. The van der Waals surface area contributed by atoms with Crippen LogP contribution in [-0.2, 0) is 20.9 Å². The average molecular weight is 354 g/mol. The summed E-state index contributed by atoms with van der Waals surface area (Å²) in [4.78, 5) is 22.8. The summed E-state index contributed by atoms with van der Waals surface area (Å²) in [7, 11) is 0. The minimum Gasteiger partial charge on any atom is -0.481 e. The number of benzene rings is 2. The maximum atomic E-state index is 11.5. The summed E-state index contributed by atoms with van der Waals surface area (Å²) in [5, 5.41) is 18.7. The molecule has 5 nitrogen and oxygen atoms in total. The van der Waals surface area contributed by atoms with Crippen LogP contribution in [0.4, 0.5) is 0 Å². The summed E-state index contributed by atoms with van der Waals surface area (Å²) in [6.07, 6.45) is 1.29. The van der Waals surface area contributed by atoms with E-state index in [9.17, 15) is 19.8 Å². The van der Waals surface area contributed by atoms with Crippen molar-refractivity contribution in [3.8, 4) is 11.1 Å². The Kier molecular flexibility index (Phi) is 5.38. The molecule has 3 rings (SSSR count). The van der Waals surface area contributed by atoms with Gasteiger partial charge in [-0.2, -0.15) is 0 Å². The Bertz CT molecular complexity index is 769.